The van der Waals surface area contributed by atoms with E-state index in [9.17, 15) is 22.0 Å². The molecule has 0 saturated heterocycles. The molecular weight excluding hydrogens is 395 g/mol. The topological polar surface area (TPSA) is 0 Å². The number of alkyl halides is 3. The second kappa shape index (κ2) is 7.86. The van der Waals surface area contributed by atoms with Crippen molar-refractivity contribution >= 4 is 10.8 Å². The fraction of sp³-hybridized carbons (Fsp3) is 0.280. The maximum atomic E-state index is 14.3. The first kappa shape index (κ1) is 20.6. The summed E-state index contributed by atoms with van der Waals surface area (Å²) in [5, 5.41) is -0.148. The lowest BCUT2D eigenvalue weighted by Gasteiger charge is -2.27. The SMILES string of the molecule is C=CC1CCC(c2ccc(-c3ccc4c(F)c(C(F)(F)F)c(F)cc4c3)cc2)CC1. The summed E-state index contributed by atoms with van der Waals surface area (Å²) >= 11 is 0. The van der Waals surface area contributed by atoms with Crippen LogP contribution in [0.25, 0.3) is 21.9 Å². The van der Waals surface area contributed by atoms with Crippen molar-refractivity contribution in [1.82, 2.24) is 0 Å². The number of allylic oxidation sites excluding steroid dienone is 1. The summed E-state index contributed by atoms with van der Waals surface area (Å²) in [4.78, 5) is 0. The Morgan fingerprint density at radius 1 is 0.833 bits per heavy atom. The molecule has 0 aromatic heterocycles. The monoisotopic (exact) mass is 416 g/mol. The molecule has 0 nitrogen and oxygen atoms in total. The third-order valence-electron chi connectivity index (χ3n) is 6.13. The molecule has 0 N–H and O–H groups in total. The highest BCUT2D eigenvalue weighted by atomic mass is 19.4. The Morgan fingerprint density at radius 2 is 1.47 bits per heavy atom. The summed E-state index contributed by atoms with van der Waals surface area (Å²) in [5.74, 6) is -2.07. The third-order valence-corrected chi connectivity index (χ3v) is 6.13. The van der Waals surface area contributed by atoms with Crippen LogP contribution in [0.1, 0.15) is 42.7 Å². The number of halogens is 5. The lowest BCUT2D eigenvalue weighted by Crippen LogP contribution is -2.11. The average molecular weight is 416 g/mol. The Hall–Kier alpha value is -2.69. The molecule has 0 aliphatic heterocycles. The van der Waals surface area contributed by atoms with Gasteiger partial charge in [-0.15, -0.1) is 6.58 Å². The predicted octanol–water partition coefficient (Wildman–Crippen LogP) is 8.26. The Bertz CT molecular complexity index is 1070. The van der Waals surface area contributed by atoms with Crippen LogP contribution in [-0.4, -0.2) is 0 Å². The van der Waals surface area contributed by atoms with E-state index in [-0.39, 0.29) is 10.8 Å². The van der Waals surface area contributed by atoms with Crippen molar-refractivity contribution in [3.05, 3.63) is 83.9 Å². The molecule has 1 fully saturated rings. The molecule has 1 aliphatic rings. The molecule has 3 aromatic rings. The third kappa shape index (κ3) is 3.85. The lowest BCUT2D eigenvalue weighted by atomic mass is 9.78. The van der Waals surface area contributed by atoms with E-state index in [0.717, 1.165) is 37.3 Å². The number of fused-ring (bicyclic) bond motifs is 1. The molecule has 1 saturated carbocycles. The Balaban J connectivity index is 1.63. The molecule has 0 spiro atoms. The molecule has 30 heavy (non-hydrogen) atoms. The van der Waals surface area contributed by atoms with Crippen molar-refractivity contribution in [2.75, 3.05) is 0 Å². The van der Waals surface area contributed by atoms with E-state index in [1.165, 1.54) is 17.7 Å². The molecule has 0 unspecified atom stereocenters. The van der Waals surface area contributed by atoms with Gasteiger partial charge in [0.15, 0.2) is 0 Å². The zero-order valence-corrected chi connectivity index (χ0v) is 16.3. The number of benzene rings is 3. The number of rotatable bonds is 3. The summed E-state index contributed by atoms with van der Waals surface area (Å²) < 4.78 is 67.1. The van der Waals surface area contributed by atoms with E-state index >= 15 is 0 Å². The van der Waals surface area contributed by atoms with Gasteiger partial charge in [0.25, 0.3) is 0 Å². The van der Waals surface area contributed by atoms with Gasteiger partial charge in [0.1, 0.15) is 17.2 Å². The second-order valence-corrected chi connectivity index (χ2v) is 7.95. The highest BCUT2D eigenvalue weighted by Crippen LogP contribution is 2.39. The van der Waals surface area contributed by atoms with E-state index in [0.29, 0.717) is 17.4 Å². The second-order valence-electron chi connectivity index (χ2n) is 7.95. The molecule has 0 atom stereocenters. The largest absolute Gasteiger partial charge is 0.422 e. The van der Waals surface area contributed by atoms with Crippen molar-refractivity contribution in [2.45, 2.75) is 37.8 Å². The van der Waals surface area contributed by atoms with Crippen molar-refractivity contribution in [1.29, 1.82) is 0 Å². The summed E-state index contributed by atoms with van der Waals surface area (Å²) in [5.41, 5.74) is 0.955. The Morgan fingerprint density at radius 3 is 2.07 bits per heavy atom. The quantitative estimate of drug-likeness (QED) is 0.298. The maximum absolute atomic E-state index is 14.3. The first-order chi connectivity index (χ1) is 14.3. The minimum absolute atomic E-state index is 0.0994. The van der Waals surface area contributed by atoms with Crippen LogP contribution in [-0.2, 0) is 6.18 Å². The summed E-state index contributed by atoms with van der Waals surface area (Å²) in [6, 6.07) is 13.1. The number of hydrogen-bond acceptors (Lipinski definition) is 0. The smallest absolute Gasteiger partial charge is 0.206 e. The van der Waals surface area contributed by atoms with Crippen LogP contribution >= 0.6 is 0 Å². The zero-order valence-electron chi connectivity index (χ0n) is 16.3. The maximum Gasteiger partial charge on any atom is 0.422 e. The molecule has 5 heteroatoms. The van der Waals surface area contributed by atoms with Crippen molar-refractivity contribution in [2.24, 2.45) is 5.92 Å². The summed E-state index contributed by atoms with van der Waals surface area (Å²) in [6.07, 6.45) is 1.46. The van der Waals surface area contributed by atoms with Gasteiger partial charge < -0.3 is 0 Å². The van der Waals surface area contributed by atoms with Gasteiger partial charge in [0.05, 0.1) is 0 Å². The average Bonchev–Trinajstić information content (AvgIpc) is 2.72. The minimum Gasteiger partial charge on any atom is -0.206 e. The Labute approximate surface area is 172 Å². The van der Waals surface area contributed by atoms with Crippen LogP contribution in [0.15, 0.2) is 61.2 Å². The van der Waals surface area contributed by atoms with Crippen LogP contribution in [0.3, 0.4) is 0 Å². The van der Waals surface area contributed by atoms with Crippen molar-refractivity contribution < 1.29 is 22.0 Å². The van der Waals surface area contributed by atoms with Gasteiger partial charge in [-0.2, -0.15) is 13.2 Å². The van der Waals surface area contributed by atoms with E-state index in [1.807, 2.05) is 18.2 Å². The molecular formula is C25H21F5. The minimum atomic E-state index is -5.08. The van der Waals surface area contributed by atoms with Gasteiger partial charge >= 0.3 is 6.18 Å². The Kier molecular flexibility index (Phi) is 5.39. The molecule has 4 rings (SSSR count). The molecule has 1 aliphatic carbocycles. The summed E-state index contributed by atoms with van der Waals surface area (Å²) in [6.45, 7) is 3.87. The molecule has 3 aromatic carbocycles. The van der Waals surface area contributed by atoms with Gasteiger partial charge in [-0.05, 0) is 71.7 Å². The standard InChI is InChI=1S/C25H21F5/c1-2-15-3-5-16(6-4-15)17-7-9-18(10-8-17)19-11-12-21-20(13-19)14-22(26)23(24(21)27)25(28,29)30/h2,7-16H,1,3-6H2. The van der Waals surface area contributed by atoms with Crippen LogP contribution in [0.2, 0.25) is 0 Å². The van der Waals surface area contributed by atoms with E-state index < -0.39 is 23.4 Å². The van der Waals surface area contributed by atoms with E-state index in [1.54, 1.807) is 6.07 Å². The fourth-order valence-electron chi connectivity index (χ4n) is 4.41. The molecule has 156 valence electrons. The van der Waals surface area contributed by atoms with Gasteiger partial charge in [-0.1, -0.05) is 42.5 Å². The normalized spacial score (nSPS) is 19.8. The first-order valence-corrected chi connectivity index (χ1v) is 9.99. The van der Waals surface area contributed by atoms with Crippen LogP contribution in [0.4, 0.5) is 22.0 Å². The molecule has 0 radical (unpaired) electrons. The van der Waals surface area contributed by atoms with Gasteiger partial charge in [-0.3, -0.25) is 0 Å². The van der Waals surface area contributed by atoms with Gasteiger partial charge in [0.2, 0.25) is 0 Å². The van der Waals surface area contributed by atoms with Crippen molar-refractivity contribution in [3.63, 3.8) is 0 Å². The highest BCUT2D eigenvalue weighted by Gasteiger charge is 2.38. The fourth-order valence-corrected chi connectivity index (χ4v) is 4.41. The van der Waals surface area contributed by atoms with E-state index in [2.05, 4.69) is 18.7 Å². The summed E-state index contributed by atoms with van der Waals surface area (Å²) in [7, 11) is 0. The lowest BCUT2D eigenvalue weighted by molar-refractivity contribution is -0.142. The first-order valence-electron chi connectivity index (χ1n) is 9.99. The molecule has 0 amide bonds. The number of hydrogen-bond donors (Lipinski definition) is 0. The molecule has 0 heterocycles. The van der Waals surface area contributed by atoms with Gasteiger partial charge in [-0.25, -0.2) is 8.78 Å². The van der Waals surface area contributed by atoms with Crippen molar-refractivity contribution in [3.8, 4) is 11.1 Å². The van der Waals surface area contributed by atoms with E-state index in [4.69, 9.17) is 0 Å². The highest BCUT2D eigenvalue weighted by molar-refractivity contribution is 5.88. The predicted molar refractivity (Wildman–Crippen MR) is 109 cm³/mol. The molecule has 0 bridgehead atoms. The van der Waals surface area contributed by atoms with Crippen LogP contribution in [0, 0.1) is 17.6 Å². The van der Waals surface area contributed by atoms with Crippen LogP contribution < -0.4 is 0 Å². The van der Waals surface area contributed by atoms with Gasteiger partial charge in [0, 0.05) is 5.39 Å². The zero-order chi connectivity index (χ0) is 21.5. The van der Waals surface area contributed by atoms with Crippen LogP contribution in [0.5, 0.6) is 0 Å².